The number of nitrogens with two attached hydrogens (primary N) is 1. The van der Waals surface area contributed by atoms with Gasteiger partial charge in [0.2, 0.25) is 5.91 Å². The minimum absolute atomic E-state index is 0.0479. The molecule has 1 aromatic rings. The molecule has 0 bridgehead atoms. The van der Waals surface area contributed by atoms with Crippen LogP contribution in [0.4, 0.5) is 0 Å². The smallest absolute Gasteiger partial charge is 0.221 e. The molecule has 0 aliphatic carbocycles. The van der Waals surface area contributed by atoms with Gasteiger partial charge in [0, 0.05) is 32.1 Å². The van der Waals surface area contributed by atoms with Crippen LogP contribution in [0.5, 0.6) is 5.75 Å². The van der Waals surface area contributed by atoms with Crippen LogP contribution in [-0.4, -0.2) is 43.1 Å². The van der Waals surface area contributed by atoms with E-state index in [2.05, 4.69) is 28.9 Å². The predicted octanol–water partition coefficient (Wildman–Crippen LogP) is 2.07. The van der Waals surface area contributed by atoms with E-state index in [0.717, 1.165) is 25.3 Å². The number of hydrogen-bond acceptors (Lipinski definition) is 4. The minimum atomic E-state index is 0.0479. The first-order valence-electron chi connectivity index (χ1n) is 8.76. The minimum Gasteiger partial charge on any atom is -0.490 e. The largest absolute Gasteiger partial charge is 0.490 e. The Morgan fingerprint density at radius 1 is 1.38 bits per heavy atom. The summed E-state index contributed by atoms with van der Waals surface area (Å²) in [6, 6.07) is 8.62. The molecule has 1 saturated heterocycles. The average Bonchev–Trinajstić information content (AvgIpc) is 2.61. The highest BCUT2D eigenvalue weighted by atomic mass is 16.5. The van der Waals surface area contributed by atoms with Crippen LogP contribution in [0, 0.1) is 0 Å². The predicted molar refractivity (Wildman–Crippen MR) is 96.9 cm³/mol. The summed E-state index contributed by atoms with van der Waals surface area (Å²) in [6.45, 7) is 7.26. The maximum Gasteiger partial charge on any atom is 0.221 e. The van der Waals surface area contributed by atoms with Gasteiger partial charge in [-0.2, -0.15) is 0 Å². The zero-order chi connectivity index (χ0) is 17.2. The Balaban J connectivity index is 1.87. The van der Waals surface area contributed by atoms with Crippen LogP contribution in [0.15, 0.2) is 36.9 Å². The summed E-state index contributed by atoms with van der Waals surface area (Å²) in [5.74, 6) is 0.912. The van der Waals surface area contributed by atoms with Crippen molar-refractivity contribution in [2.75, 3.05) is 26.2 Å². The van der Waals surface area contributed by atoms with Crippen LogP contribution in [0.1, 0.15) is 31.2 Å². The summed E-state index contributed by atoms with van der Waals surface area (Å²) in [5.41, 5.74) is 6.69. The van der Waals surface area contributed by atoms with Crippen LogP contribution < -0.4 is 15.8 Å². The van der Waals surface area contributed by atoms with E-state index in [4.69, 9.17) is 10.5 Å². The number of benzene rings is 1. The van der Waals surface area contributed by atoms with E-state index >= 15 is 0 Å². The van der Waals surface area contributed by atoms with Crippen molar-refractivity contribution in [3.63, 3.8) is 0 Å². The molecule has 0 radical (unpaired) electrons. The average molecular weight is 331 g/mol. The standard InChI is InChI=1S/C19H29N3O2/c1-2-13-24-18-8-6-16(7-9-18)15-22-12-4-3-5-17(22)14-21-19(23)10-11-20/h2,6-9,17H,1,3-5,10-15,20H2,(H,21,23). The third kappa shape index (κ3) is 5.98. The maximum atomic E-state index is 11.6. The highest BCUT2D eigenvalue weighted by Crippen LogP contribution is 2.20. The fourth-order valence-corrected chi connectivity index (χ4v) is 3.03. The van der Waals surface area contributed by atoms with Gasteiger partial charge in [0.15, 0.2) is 0 Å². The number of carbonyl (C=O) groups is 1. The van der Waals surface area contributed by atoms with Crippen molar-refractivity contribution in [3.8, 4) is 5.75 Å². The number of hydrogen-bond donors (Lipinski definition) is 2. The molecule has 3 N–H and O–H groups in total. The highest BCUT2D eigenvalue weighted by molar-refractivity contribution is 5.76. The number of ether oxygens (including phenoxy) is 1. The number of nitrogens with one attached hydrogen (secondary N) is 1. The van der Waals surface area contributed by atoms with Crippen molar-refractivity contribution >= 4 is 5.91 Å². The Hall–Kier alpha value is -1.85. The van der Waals surface area contributed by atoms with Crippen molar-refractivity contribution < 1.29 is 9.53 Å². The Bertz CT molecular complexity index is 516. The summed E-state index contributed by atoms with van der Waals surface area (Å²) in [7, 11) is 0. The second kappa shape index (κ2) is 10.1. The monoisotopic (exact) mass is 331 g/mol. The molecule has 2 rings (SSSR count). The van der Waals surface area contributed by atoms with Gasteiger partial charge in [-0.15, -0.1) is 0 Å². The number of amides is 1. The molecule has 1 heterocycles. The first-order chi connectivity index (χ1) is 11.7. The second-order valence-electron chi connectivity index (χ2n) is 6.21. The van der Waals surface area contributed by atoms with Gasteiger partial charge in [0.1, 0.15) is 12.4 Å². The highest BCUT2D eigenvalue weighted by Gasteiger charge is 2.22. The van der Waals surface area contributed by atoms with Gasteiger partial charge in [-0.25, -0.2) is 0 Å². The molecule has 0 aromatic heterocycles. The van der Waals surface area contributed by atoms with Gasteiger partial charge >= 0.3 is 0 Å². The topological polar surface area (TPSA) is 67.6 Å². The fourth-order valence-electron chi connectivity index (χ4n) is 3.03. The summed E-state index contributed by atoms with van der Waals surface area (Å²) in [4.78, 5) is 14.1. The molecule has 24 heavy (non-hydrogen) atoms. The summed E-state index contributed by atoms with van der Waals surface area (Å²) >= 11 is 0. The van der Waals surface area contributed by atoms with Crippen molar-refractivity contribution in [3.05, 3.63) is 42.5 Å². The molecule has 1 unspecified atom stereocenters. The summed E-state index contributed by atoms with van der Waals surface area (Å²) in [6.07, 6.45) is 5.71. The molecule has 132 valence electrons. The molecular formula is C19H29N3O2. The van der Waals surface area contributed by atoms with E-state index in [9.17, 15) is 4.79 Å². The lowest BCUT2D eigenvalue weighted by Gasteiger charge is -2.36. The molecule has 5 nitrogen and oxygen atoms in total. The lowest BCUT2D eigenvalue weighted by molar-refractivity contribution is -0.121. The van der Waals surface area contributed by atoms with Gasteiger partial charge < -0.3 is 15.8 Å². The van der Waals surface area contributed by atoms with Crippen LogP contribution in [-0.2, 0) is 11.3 Å². The molecule has 1 fully saturated rings. The molecule has 1 aliphatic heterocycles. The van der Waals surface area contributed by atoms with E-state index in [1.807, 2.05) is 12.1 Å². The maximum absolute atomic E-state index is 11.6. The molecule has 0 saturated carbocycles. The Labute approximate surface area is 144 Å². The summed E-state index contributed by atoms with van der Waals surface area (Å²) < 4.78 is 5.52. The summed E-state index contributed by atoms with van der Waals surface area (Å²) in [5, 5.41) is 3.01. The number of nitrogens with zero attached hydrogens (tertiary/aromatic N) is 1. The third-order valence-corrected chi connectivity index (χ3v) is 4.33. The Morgan fingerprint density at radius 3 is 2.88 bits per heavy atom. The van der Waals surface area contributed by atoms with Crippen molar-refractivity contribution in [2.45, 2.75) is 38.3 Å². The quantitative estimate of drug-likeness (QED) is 0.680. The van der Waals surface area contributed by atoms with Crippen LogP contribution in [0.3, 0.4) is 0 Å². The van der Waals surface area contributed by atoms with Crippen molar-refractivity contribution in [2.24, 2.45) is 5.73 Å². The normalized spacial score (nSPS) is 18.1. The lowest BCUT2D eigenvalue weighted by Crippen LogP contribution is -2.46. The van der Waals surface area contributed by atoms with Crippen LogP contribution >= 0.6 is 0 Å². The van der Waals surface area contributed by atoms with E-state index in [0.29, 0.717) is 32.2 Å². The SMILES string of the molecule is C=CCOc1ccc(CN2CCCCC2CNC(=O)CCN)cc1. The van der Waals surface area contributed by atoms with Crippen molar-refractivity contribution in [1.82, 2.24) is 10.2 Å². The van der Waals surface area contributed by atoms with Gasteiger partial charge in [0.05, 0.1) is 0 Å². The van der Waals surface area contributed by atoms with Gasteiger partial charge in [-0.3, -0.25) is 9.69 Å². The molecule has 5 heteroatoms. The number of rotatable bonds is 9. The zero-order valence-corrected chi connectivity index (χ0v) is 14.4. The van der Waals surface area contributed by atoms with Gasteiger partial charge in [-0.1, -0.05) is 31.2 Å². The first kappa shape index (κ1) is 18.5. The molecule has 1 atom stereocenters. The third-order valence-electron chi connectivity index (χ3n) is 4.33. The molecule has 1 amide bonds. The van der Waals surface area contributed by atoms with Crippen molar-refractivity contribution in [1.29, 1.82) is 0 Å². The Kier molecular flexibility index (Phi) is 7.79. The first-order valence-corrected chi connectivity index (χ1v) is 8.76. The lowest BCUT2D eigenvalue weighted by atomic mass is 10.0. The van der Waals surface area contributed by atoms with Gasteiger partial charge in [-0.05, 0) is 37.1 Å². The molecule has 0 spiro atoms. The molecule has 1 aliphatic rings. The fraction of sp³-hybridized carbons (Fsp3) is 0.526. The van der Waals surface area contributed by atoms with E-state index in [-0.39, 0.29) is 5.91 Å². The number of piperidine rings is 1. The van der Waals surface area contributed by atoms with E-state index in [1.54, 1.807) is 6.08 Å². The van der Waals surface area contributed by atoms with Crippen LogP contribution in [0.2, 0.25) is 0 Å². The number of likely N-dealkylation sites (tertiary alicyclic amines) is 1. The van der Waals surface area contributed by atoms with Crippen LogP contribution in [0.25, 0.3) is 0 Å². The van der Waals surface area contributed by atoms with E-state index in [1.165, 1.54) is 18.4 Å². The van der Waals surface area contributed by atoms with E-state index < -0.39 is 0 Å². The van der Waals surface area contributed by atoms with Gasteiger partial charge in [0.25, 0.3) is 0 Å². The zero-order valence-electron chi connectivity index (χ0n) is 14.4. The second-order valence-corrected chi connectivity index (χ2v) is 6.21. The molecular weight excluding hydrogens is 302 g/mol. The molecule has 1 aromatic carbocycles. The number of carbonyl (C=O) groups excluding carboxylic acids is 1. The Morgan fingerprint density at radius 2 is 2.17 bits per heavy atom.